The van der Waals surface area contributed by atoms with Crippen LogP contribution in [0.3, 0.4) is 0 Å². The van der Waals surface area contributed by atoms with Gasteiger partial charge in [0.25, 0.3) is 0 Å². The number of rotatable bonds is 2. The molecule has 1 heteroatoms. The smallest absolute Gasteiger partial charge is 0.139 e. The van der Waals surface area contributed by atoms with Crippen LogP contribution in [0, 0.1) is 5.92 Å². The van der Waals surface area contributed by atoms with E-state index in [0.717, 1.165) is 19.3 Å². The van der Waals surface area contributed by atoms with Crippen molar-refractivity contribution in [1.82, 2.24) is 0 Å². The molecule has 1 saturated carbocycles. The predicted molar refractivity (Wildman–Crippen MR) is 87.9 cm³/mol. The van der Waals surface area contributed by atoms with Crippen LogP contribution in [0.2, 0.25) is 0 Å². The number of carbonyl (C=O) groups excluding carboxylic acids is 1. The zero-order valence-corrected chi connectivity index (χ0v) is 12.4. The Labute approximate surface area is 126 Å². The summed E-state index contributed by atoms with van der Waals surface area (Å²) in [6.45, 7) is 2.03. The zero-order valence-electron chi connectivity index (χ0n) is 12.4. The van der Waals surface area contributed by atoms with E-state index in [1.807, 2.05) is 13.0 Å². The van der Waals surface area contributed by atoms with Crippen molar-refractivity contribution in [2.45, 2.75) is 26.2 Å². The van der Waals surface area contributed by atoms with Crippen LogP contribution < -0.4 is 0 Å². The van der Waals surface area contributed by atoms with Gasteiger partial charge in [-0.25, -0.2) is 0 Å². The van der Waals surface area contributed by atoms with Gasteiger partial charge < -0.3 is 0 Å². The van der Waals surface area contributed by atoms with Crippen molar-refractivity contribution >= 4 is 11.9 Å². The van der Waals surface area contributed by atoms with Crippen LogP contribution in [0.1, 0.15) is 31.7 Å². The van der Waals surface area contributed by atoms with Crippen molar-refractivity contribution in [2.75, 3.05) is 0 Å². The summed E-state index contributed by atoms with van der Waals surface area (Å²) in [5.74, 6) is 0.473. The molecule has 0 spiro atoms. The summed E-state index contributed by atoms with van der Waals surface area (Å²) in [6.07, 6.45) is 4.98. The van der Waals surface area contributed by atoms with Crippen LogP contribution in [0.15, 0.2) is 60.2 Å². The lowest BCUT2D eigenvalue weighted by molar-refractivity contribution is -0.122. The highest BCUT2D eigenvalue weighted by Crippen LogP contribution is 2.28. The summed E-state index contributed by atoms with van der Waals surface area (Å²) < 4.78 is 0. The molecule has 1 nitrogen and oxygen atoms in total. The van der Waals surface area contributed by atoms with Gasteiger partial charge in [-0.1, -0.05) is 73.2 Å². The molecule has 1 atom stereocenters. The first-order valence-electron chi connectivity index (χ1n) is 7.63. The van der Waals surface area contributed by atoms with Gasteiger partial charge in [0.2, 0.25) is 0 Å². The number of ketones is 1. The van der Waals surface area contributed by atoms with Crippen LogP contribution in [0.4, 0.5) is 0 Å². The molecule has 1 fully saturated rings. The normalized spacial score (nSPS) is 20.7. The minimum Gasteiger partial charge on any atom is -0.299 e. The quantitative estimate of drug-likeness (QED) is 0.743. The first kappa shape index (κ1) is 13.8. The lowest BCUT2D eigenvalue weighted by Crippen LogP contribution is -2.18. The van der Waals surface area contributed by atoms with Crippen LogP contribution in [0.25, 0.3) is 17.2 Å². The average Bonchev–Trinajstić information content (AvgIpc) is 2.53. The predicted octanol–water partition coefficient (Wildman–Crippen LogP) is 5.13. The van der Waals surface area contributed by atoms with Gasteiger partial charge in [0.15, 0.2) is 0 Å². The molecule has 21 heavy (non-hydrogen) atoms. The molecule has 0 aromatic heterocycles. The average molecular weight is 276 g/mol. The summed E-state index contributed by atoms with van der Waals surface area (Å²) in [6, 6.07) is 19.0. The molecule has 1 aliphatic carbocycles. The lowest BCUT2D eigenvalue weighted by Gasteiger charge is -2.20. The van der Waals surface area contributed by atoms with Gasteiger partial charge in [-0.3, -0.25) is 4.79 Å². The molecular weight excluding hydrogens is 256 g/mol. The molecule has 106 valence electrons. The third-order valence-electron chi connectivity index (χ3n) is 4.30. The molecule has 0 radical (unpaired) electrons. The zero-order chi connectivity index (χ0) is 14.7. The third kappa shape index (κ3) is 3.13. The van der Waals surface area contributed by atoms with Crippen molar-refractivity contribution < 1.29 is 4.79 Å². The van der Waals surface area contributed by atoms with Gasteiger partial charge in [-0.05, 0) is 29.5 Å². The molecule has 2 aromatic carbocycles. The van der Waals surface area contributed by atoms with E-state index >= 15 is 0 Å². The number of benzene rings is 2. The minimum absolute atomic E-state index is 0.0903. The van der Waals surface area contributed by atoms with E-state index in [-0.39, 0.29) is 5.92 Å². The highest BCUT2D eigenvalue weighted by molar-refractivity contribution is 5.86. The molecule has 0 bridgehead atoms. The third-order valence-corrected chi connectivity index (χ3v) is 4.30. The molecule has 1 unspecified atom stereocenters. The van der Waals surface area contributed by atoms with E-state index in [4.69, 9.17) is 0 Å². The molecule has 0 aliphatic heterocycles. The number of hydrogen-bond acceptors (Lipinski definition) is 1. The Morgan fingerprint density at radius 1 is 0.905 bits per heavy atom. The molecule has 1 aliphatic rings. The fourth-order valence-electron chi connectivity index (χ4n) is 2.92. The summed E-state index contributed by atoms with van der Waals surface area (Å²) >= 11 is 0. The Hall–Kier alpha value is -2.15. The Balaban J connectivity index is 1.83. The maximum absolute atomic E-state index is 11.8. The van der Waals surface area contributed by atoms with Crippen molar-refractivity contribution in [3.05, 3.63) is 65.7 Å². The molecular formula is C20H20O. The van der Waals surface area contributed by atoms with Crippen molar-refractivity contribution in [3.63, 3.8) is 0 Å². The van der Waals surface area contributed by atoms with E-state index in [0.29, 0.717) is 5.78 Å². The van der Waals surface area contributed by atoms with Gasteiger partial charge in [0.1, 0.15) is 5.78 Å². The number of Topliss-reactive ketones (excluding diaryl/α,β-unsaturated/α-hetero) is 1. The second kappa shape index (κ2) is 6.09. The Bertz CT molecular complexity index is 650. The van der Waals surface area contributed by atoms with Gasteiger partial charge in [-0.15, -0.1) is 0 Å². The van der Waals surface area contributed by atoms with Crippen molar-refractivity contribution in [1.29, 1.82) is 0 Å². The Kier molecular flexibility index (Phi) is 4.01. The van der Waals surface area contributed by atoms with Gasteiger partial charge in [0, 0.05) is 12.3 Å². The van der Waals surface area contributed by atoms with E-state index in [1.165, 1.54) is 22.3 Å². The monoisotopic (exact) mass is 276 g/mol. The molecule has 0 N–H and O–H groups in total. The minimum atomic E-state index is 0.0903. The summed E-state index contributed by atoms with van der Waals surface area (Å²) in [5.41, 5.74) is 4.92. The molecule has 0 saturated heterocycles. The number of hydrogen-bond donors (Lipinski definition) is 0. The number of carbonyl (C=O) groups is 1. The largest absolute Gasteiger partial charge is 0.299 e. The van der Waals surface area contributed by atoms with Crippen LogP contribution in [-0.2, 0) is 4.79 Å². The Morgan fingerprint density at radius 3 is 2.29 bits per heavy atom. The van der Waals surface area contributed by atoms with Crippen LogP contribution >= 0.6 is 0 Å². The summed E-state index contributed by atoms with van der Waals surface area (Å²) in [5, 5.41) is 0. The summed E-state index contributed by atoms with van der Waals surface area (Å²) in [4.78, 5) is 11.8. The van der Waals surface area contributed by atoms with Crippen molar-refractivity contribution in [3.8, 4) is 11.1 Å². The molecule has 0 amide bonds. The summed E-state index contributed by atoms with van der Waals surface area (Å²) in [7, 11) is 0. The number of allylic oxidation sites excluding steroid dienone is 1. The van der Waals surface area contributed by atoms with Gasteiger partial charge >= 0.3 is 0 Å². The second-order valence-electron chi connectivity index (χ2n) is 5.75. The standard InChI is InChI=1S/C20H20O/c1-15-19(8-5-9-20(15)21)14-16-10-12-18(13-11-16)17-6-3-2-4-7-17/h2-4,6-7,10-15H,5,8-9H2,1H3/b19-14+. The van der Waals surface area contributed by atoms with Crippen molar-refractivity contribution in [2.24, 2.45) is 5.92 Å². The van der Waals surface area contributed by atoms with E-state index < -0.39 is 0 Å². The highest BCUT2D eigenvalue weighted by atomic mass is 16.1. The van der Waals surface area contributed by atoms with E-state index in [2.05, 4.69) is 54.6 Å². The fraction of sp³-hybridized carbons (Fsp3) is 0.250. The first-order chi connectivity index (χ1) is 10.2. The molecule has 3 rings (SSSR count). The Morgan fingerprint density at radius 2 is 1.57 bits per heavy atom. The topological polar surface area (TPSA) is 17.1 Å². The lowest BCUT2D eigenvalue weighted by atomic mass is 9.83. The van der Waals surface area contributed by atoms with Crippen LogP contribution in [-0.4, -0.2) is 5.78 Å². The molecule has 0 heterocycles. The van der Waals surface area contributed by atoms with Gasteiger partial charge in [-0.2, -0.15) is 0 Å². The van der Waals surface area contributed by atoms with Crippen LogP contribution in [0.5, 0.6) is 0 Å². The maximum Gasteiger partial charge on any atom is 0.139 e. The SMILES string of the molecule is CC1C(=O)CCC/C1=C\c1ccc(-c2ccccc2)cc1. The second-order valence-corrected chi connectivity index (χ2v) is 5.75. The van der Waals surface area contributed by atoms with E-state index in [1.54, 1.807) is 0 Å². The fourth-order valence-corrected chi connectivity index (χ4v) is 2.92. The van der Waals surface area contributed by atoms with E-state index in [9.17, 15) is 4.79 Å². The molecule has 2 aromatic rings. The first-order valence-corrected chi connectivity index (χ1v) is 7.63. The maximum atomic E-state index is 11.8. The van der Waals surface area contributed by atoms with Gasteiger partial charge in [0.05, 0.1) is 0 Å². The highest BCUT2D eigenvalue weighted by Gasteiger charge is 2.21.